The molecule has 1 unspecified atom stereocenters. The Morgan fingerprint density at radius 3 is 2.50 bits per heavy atom. The molecular weight excluding hydrogens is 256 g/mol. The maximum absolute atomic E-state index is 12.0. The van der Waals surface area contributed by atoms with Gasteiger partial charge in [0, 0.05) is 13.1 Å². The van der Waals surface area contributed by atoms with Crippen LogP contribution in [0.4, 0.5) is 0 Å². The van der Waals surface area contributed by atoms with Gasteiger partial charge in [0.1, 0.15) is 0 Å². The van der Waals surface area contributed by atoms with E-state index >= 15 is 0 Å². The van der Waals surface area contributed by atoms with Crippen molar-refractivity contribution in [3.63, 3.8) is 0 Å². The van der Waals surface area contributed by atoms with Gasteiger partial charge in [-0.25, -0.2) is 0 Å². The Labute approximate surface area is 122 Å². The average Bonchev–Trinajstić information content (AvgIpc) is 2.37. The van der Waals surface area contributed by atoms with Crippen molar-refractivity contribution < 1.29 is 14.3 Å². The van der Waals surface area contributed by atoms with Crippen molar-refractivity contribution in [1.82, 2.24) is 10.2 Å². The lowest BCUT2D eigenvalue weighted by Crippen LogP contribution is -2.47. The number of carbonyl (C=O) groups excluding carboxylic acids is 2. The van der Waals surface area contributed by atoms with Crippen LogP contribution in [0.1, 0.15) is 34.1 Å². The zero-order valence-corrected chi connectivity index (χ0v) is 13.1. The molecule has 0 aliphatic carbocycles. The Balaban J connectivity index is 4.38. The number of hydrogen-bond acceptors (Lipinski definition) is 4. The number of ether oxygens (including phenoxy) is 1. The van der Waals surface area contributed by atoms with E-state index in [1.807, 2.05) is 0 Å². The molecule has 0 aliphatic heterocycles. The maximum Gasteiger partial charge on any atom is 0.320 e. The highest BCUT2D eigenvalue weighted by Gasteiger charge is 2.22. The van der Waals surface area contributed by atoms with E-state index in [0.29, 0.717) is 25.6 Å². The molecule has 0 spiro atoms. The van der Waals surface area contributed by atoms with E-state index < -0.39 is 0 Å². The van der Waals surface area contributed by atoms with Gasteiger partial charge in [0.15, 0.2) is 0 Å². The van der Waals surface area contributed by atoms with Gasteiger partial charge in [0.2, 0.25) is 5.91 Å². The minimum atomic E-state index is -0.385. The summed E-state index contributed by atoms with van der Waals surface area (Å²) in [6.45, 7) is 13.0. The van der Waals surface area contributed by atoms with E-state index in [4.69, 9.17) is 4.74 Å². The summed E-state index contributed by atoms with van der Waals surface area (Å²) in [5.41, 5.74) is 0. The van der Waals surface area contributed by atoms with Gasteiger partial charge in [0.05, 0.1) is 19.2 Å². The second kappa shape index (κ2) is 10.4. The molecule has 116 valence electrons. The highest BCUT2D eigenvalue weighted by Crippen LogP contribution is 2.02. The predicted molar refractivity (Wildman–Crippen MR) is 80.3 cm³/mol. The Morgan fingerprint density at radius 1 is 1.35 bits per heavy atom. The van der Waals surface area contributed by atoms with Crippen molar-refractivity contribution in [3.8, 4) is 0 Å². The first-order valence-electron chi connectivity index (χ1n) is 7.20. The number of amides is 1. The third-order valence-corrected chi connectivity index (χ3v) is 2.95. The van der Waals surface area contributed by atoms with Crippen LogP contribution < -0.4 is 5.32 Å². The van der Waals surface area contributed by atoms with E-state index in [2.05, 4.69) is 25.7 Å². The molecule has 0 aromatic carbocycles. The van der Waals surface area contributed by atoms with Crippen LogP contribution in [-0.4, -0.2) is 49.1 Å². The molecule has 0 saturated heterocycles. The van der Waals surface area contributed by atoms with Crippen LogP contribution in [-0.2, 0) is 14.3 Å². The summed E-state index contributed by atoms with van der Waals surface area (Å²) in [4.78, 5) is 25.3. The summed E-state index contributed by atoms with van der Waals surface area (Å²) in [7, 11) is 0. The minimum absolute atomic E-state index is 0.0724. The average molecular weight is 284 g/mol. The molecule has 0 aromatic heterocycles. The number of nitrogens with zero attached hydrogens (tertiary/aromatic N) is 1. The van der Waals surface area contributed by atoms with E-state index in [-0.39, 0.29) is 24.5 Å². The SMILES string of the molecule is C=CCN(CC(=O)OCC)C(C)C(=O)NCCC(C)C. The summed E-state index contributed by atoms with van der Waals surface area (Å²) in [5, 5.41) is 2.89. The fraction of sp³-hybridized carbons (Fsp3) is 0.733. The van der Waals surface area contributed by atoms with Gasteiger partial charge in [0.25, 0.3) is 0 Å². The molecular formula is C15H28N2O3. The molecule has 0 radical (unpaired) electrons. The van der Waals surface area contributed by atoms with E-state index in [1.54, 1.807) is 24.8 Å². The molecule has 5 heteroatoms. The standard InChI is InChI=1S/C15H28N2O3/c1-6-10-17(11-14(18)20-7-2)13(5)15(19)16-9-8-12(3)4/h6,12-13H,1,7-11H2,2-5H3,(H,16,19). The normalized spacial score (nSPS) is 12.3. The van der Waals surface area contributed by atoms with Gasteiger partial charge in [-0.15, -0.1) is 6.58 Å². The molecule has 5 nitrogen and oxygen atoms in total. The number of carbonyl (C=O) groups is 2. The summed E-state index contributed by atoms with van der Waals surface area (Å²) in [6.07, 6.45) is 2.62. The Hall–Kier alpha value is -1.36. The maximum atomic E-state index is 12.0. The topological polar surface area (TPSA) is 58.6 Å². The van der Waals surface area contributed by atoms with E-state index in [9.17, 15) is 9.59 Å². The lowest BCUT2D eigenvalue weighted by molar-refractivity contribution is -0.145. The van der Waals surface area contributed by atoms with Crippen LogP contribution in [0.5, 0.6) is 0 Å². The second-order valence-electron chi connectivity index (χ2n) is 5.17. The Morgan fingerprint density at radius 2 is 2.00 bits per heavy atom. The van der Waals surface area contributed by atoms with Gasteiger partial charge in [-0.3, -0.25) is 14.5 Å². The molecule has 0 fully saturated rings. The smallest absolute Gasteiger partial charge is 0.320 e. The zero-order chi connectivity index (χ0) is 15.5. The minimum Gasteiger partial charge on any atom is -0.465 e. The molecule has 0 saturated carbocycles. The largest absolute Gasteiger partial charge is 0.465 e. The highest BCUT2D eigenvalue weighted by molar-refractivity contribution is 5.82. The molecule has 0 bridgehead atoms. The summed E-state index contributed by atoms with van der Waals surface area (Å²) in [6, 6.07) is -0.385. The molecule has 0 heterocycles. The number of esters is 1. The van der Waals surface area contributed by atoms with Crippen LogP contribution in [0.3, 0.4) is 0 Å². The fourth-order valence-corrected chi connectivity index (χ4v) is 1.70. The van der Waals surface area contributed by atoms with Gasteiger partial charge in [-0.05, 0) is 26.2 Å². The van der Waals surface area contributed by atoms with Crippen molar-refractivity contribution in [2.24, 2.45) is 5.92 Å². The van der Waals surface area contributed by atoms with Crippen molar-refractivity contribution in [2.75, 3.05) is 26.2 Å². The predicted octanol–water partition coefficient (Wildman–Crippen LogP) is 1.59. The summed E-state index contributed by atoms with van der Waals surface area (Å²) < 4.78 is 4.91. The fourth-order valence-electron chi connectivity index (χ4n) is 1.70. The number of rotatable bonds is 10. The molecule has 0 aromatic rings. The number of nitrogens with one attached hydrogen (secondary N) is 1. The zero-order valence-electron chi connectivity index (χ0n) is 13.1. The molecule has 20 heavy (non-hydrogen) atoms. The first kappa shape index (κ1) is 18.6. The van der Waals surface area contributed by atoms with Gasteiger partial charge < -0.3 is 10.1 Å². The molecule has 0 rings (SSSR count). The van der Waals surface area contributed by atoms with Gasteiger partial charge in [-0.1, -0.05) is 19.9 Å². The van der Waals surface area contributed by atoms with Crippen molar-refractivity contribution in [3.05, 3.63) is 12.7 Å². The third-order valence-electron chi connectivity index (χ3n) is 2.95. The molecule has 1 amide bonds. The van der Waals surface area contributed by atoms with E-state index in [1.165, 1.54) is 0 Å². The molecule has 0 aliphatic rings. The lowest BCUT2D eigenvalue weighted by atomic mass is 10.1. The molecule has 1 N–H and O–H groups in total. The van der Waals surface area contributed by atoms with Crippen molar-refractivity contribution in [1.29, 1.82) is 0 Å². The second-order valence-corrected chi connectivity index (χ2v) is 5.17. The van der Waals surface area contributed by atoms with Crippen LogP contribution in [0, 0.1) is 5.92 Å². The quantitative estimate of drug-likeness (QED) is 0.489. The van der Waals surface area contributed by atoms with Crippen LogP contribution in [0.15, 0.2) is 12.7 Å². The Kier molecular flexibility index (Phi) is 9.72. The summed E-state index contributed by atoms with van der Waals surface area (Å²) in [5.74, 6) is 0.155. The first-order chi connectivity index (χ1) is 9.42. The van der Waals surface area contributed by atoms with Crippen LogP contribution in [0.25, 0.3) is 0 Å². The number of hydrogen-bond donors (Lipinski definition) is 1. The summed E-state index contributed by atoms with van der Waals surface area (Å²) >= 11 is 0. The van der Waals surface area contributed by atoms with E-state index in [0.717, 1.165) is 6.42 Å². The monoisotopic (exact) mass is 284 g/mol. The van der Waals surface area contributed by atoms with Gasteiger partial charge in [-0.2, -0.15) is 0 Å². The highest BCUT2D eigenvalue weighted by atomic mass is 16.5. The van der Waals surface area contributed by atoms with Gasteiger partial charge >= 0.3 is 5.97 Å². The molecule has 1 atom stereocenters. The lowest BCUT2D eigenvalue weighted by Gasteiger charge is -2.26. The van der Waals surface area contributed by atoms with Crippen molar-refractivity contribution >= 4 is 11.9 Å². The van der Waals surface area contributed by atoms with Crippen LogP contribution >= 0.6 is 0 Å². The van der Waals surface area contributed by atoms with Crippen molar-refractivity contribution in [2.45, 2.75) is 40.2 Å². The van der Waals surface area contributed by atoms with Crippen LogP contribution in [0.2, 0.25) is 0 Å². The first-order valence-corrected chi connectivity index (χ1v) is 7.20. The Bertz CT molecular complexity index is 316. The third kappa shape index (κ3) is 7.94.